The van der Waals surface area contributed by atoms with Crippen molar-refractivity contribution in [3.05, 3.63) is 51.8 Å². The Morgan fingerprint density at radius 3 is 2.50 bits per heavy atom. The monoisotopic (exact) mass is 347 g/mol. The first kappa shape index (κ1) is 13.1. The van der Waals surface area contributed by atoms with E-state index >= 15 is 0 Å². The Balaban J connectivity index is 2.12. The van der Waals surface area contributed by atoms with E-state index in [-0.39, 0.29) is 4.88 Å². The molecule has 0 amide bonds. The van der Waals surface area contributed by atoms with Gasteiger partial charge in [-0.2, -0.15) is 0 Å². The van der Waals surface area contributed by atoms with E-state index in [1.165, 1.54) is 11.3 Å². The number of nitrogens with two attached hydrogens (primary N) is 1. The van der Waals surface area contributed by atoms with Crippen LogP contribution in [0, 0.1) is 0 Å². The van der Waals surface area contributed by atoms with Crippen LogP contribution in [0.15, 0.2) is 46.9 Å². The molecule has 0 aliphatic heterocycles. The minimum absolute atomic E-state index is 0.191. The number of anilines is 1. The molecular weight excluding hydrogens is 338 g/mol. The Labute approximate surface area is 127 Å². The molecule has 1 heterocycles. The largest absolute Gasteiger partial charge is 0.477 e. The second-order valence-electron chi connectivity index (χ2n) is 4.41. The molecule has 5 heteroatoms. The van der Waals surface area contributed by atoms with Gasteiger partial charge in [-0.05, 0) is 40.6 Å². The van der Waals surface area contributed by atoms with Gasteiger partial charge in [0.25, 0.3) is 0 Å². The molecule has 3 N–H and O–H groups in total. The van der Waals surface area contributed by atoms with Crippen LogP contribution in [0.2, 0.25) is 0 Å². The zero-order valence-corrected chi connectivity index (χ0v) is 12.7. The maximum absolute atomic E-state index is 11.0. The SMILES string of the molecule is Nc1cc(-c2ccc3cc(Br)ccc3c2)sc1C(=O)O. The minimum atomic E-state index is -0.983. The number of aromatic carboxylic acids is 1. The van der Waals surface area contributed by atoms with Crippen molar-refractivity contribution < 1.29 is 9.90 Å². The number of nitrogen functional groups attached to an aromatic ring is 1. The first-order chi connectivity index (χ1) is 9.54. The van der Waals surface area contributed by atoms with Crippen LogP contribution >= 0.6 is 27.3 Å². The normalized spacial score (nSPS) is 10.8. The van der Waals surface area contributed by atoms with Crippen LogP contribution in [0.25, 0.3) is 21.2 Å². The molecule has 1 aromatic heterocycles. The number of carboxylic acids is 1. The van der Waals surface area contributed by atoms with Crippen LogP contribution in [-0.4, -0.2) is 11.1 Å². The average Bonchev–Trinajstić information content (AvgIpc) is 2.80. The van der Waals surface area contributed by atoms with Crippen molar-refractivity contribution in [2.75, 3.05) is 5.73 Å². The Hall–Kier alpha value is -1.85. The van der Waals surface area contributed by atoms with Gasteiger partial charge in [-0.25, -0.2) is 4.79 Å². The molecule has 0 aliphatic carbocycles. The Morgan fingerprint density at radius 1 is 1.10 bits per heavy atom. The fourth-order valence-corrected chi connectivity index (χ4v) is 3.38. The van der Waals surface area contributed by atoms with Crippen LogP contribution in [0.5, 0.6) is 0 Å². The van der Waals surface area contributed by atoms with Crippen LogP contribution < -0.4 is 5.73 Å². The van der Waals surface area contributed by atoms with Gasteiger partial charge in [0.15, 0.2) is 0 Å². The number of carbonyl (C=O) groups is 1. The van der Waals surface area contributed by atoms with Gasteiger partial charge in [0.05, 0.1) is 5.69 Å². The lowest BCUT2D eigenvalue weighted by Crippen LogP contribution is -1.96. The highest BCUT2D eigenvalue weighted by Gasteiger charge is 2.14. The van der Waals surface area contributed by atoms with E-state index in [0.717, 1.165) is 25.7 Å². The van der Waals surface area contributed by atoms with E-state index in [1.807, 2.05) is 36.4 Å². The van der Waals surface area contributed by atoms with E-state index in [2.05, 4.69) is 15.9 Å². The predicted octanol–water partition coefficient (Wildman–Crippen LogP) is 4.61. The van der Waals surface area contributed by atoms with E-state index in [0.29, 0.717) is 5.69 Å². The molecule has 0 fully saturated rings. The van der Waals surface area contributed by atoms with Crippen molar-refractivity contribution in [3.63, 3.8) is 0 Å². The van der Waals surface area contributed by atoms with E-state index in [1.54, 1.807) is 6.07 Å². The number of hydrogen-bond donors (Lipinski definition) is 2. The molecule has 100 valence electrons. The highest BCUT2D eigenvalue weighted by molar-refractivity contribution is 9.10. The van der Waals surface area contributed by atoms with Crippen molar-refractivity contribution in [2.45, 2.75) is 0 Å². The molecular formula is C15H10BrNO2S. The van der Waals surface area contributed by atoms with Crippen molar-refractivity contribution >= 4 is 49.7 Å². The van der Waals surface area contributed by atoms with Crippen LogP contribution in [0.3, 0.4) is 0 Å². The summed E-state index contributed by atoms with van der Waals surface area (Å²) in [5.41, 5.74) is 7.02. The maximum Gasteiger partial charge on any atom is 0.348 e. The molecule has 3 rings (SSSR count). The number of fused-ring (bicyclic) bond motifs is 1. The highest BCUT2D eigenvalue weighted by Crippen LogP contribution is 2.35. The third kappa shape index (κ3) is 2.30. The number of rotatable bonds is 2. The summed E-state index contributed by atoms with van der Waals surface area (Å²) in [6.45, 7) is 0. The standard InChI is InChI=1S/C15H10BrNO2S/c16-11-4-3-8-5-10(2-1-9(8)6-11)13-7-12(17)14(20-13)15(18)19/h1-7H,17H2,(H,18,19). The van der Waals surface area contributed by atoms with Crippen molar-refractivity contribution in [1.82, 2.24) is 0 Å². The van der Waals surface area contributed by atoms with Gasteiger partial charge in [0, 0.05) is 9.35 Å². The summed E-state index contributed by atoms with van der Waals surface area (Å²) in [5, 5.41) is 11.3. The summed E-state index contributed by atoms with van der Waals surface area (Å²) in [6, 6.07) is 13.8. The summed E-state index contributed by atoms with van der Waals surface area (Å²) in [4.78, 5) is 12.1. The molecule has 0 bridgehead atoms. The third-order valence-electron chi connectivity index (χ3n) is 3.04. The molecule has 0 aliphatic rings. The zero-order chi connectivity index (χ0) is 14.3. The second-order valence-corrected chi connectivity index (χ2v) is 6.37. The topological polar surface area (TPSA) is 63.3 Å². The lowest BCUT2D eigenvalue weighted by atomic mass is 10.1. The first-order valence-electron chi connectivity index (χ1n) is 5.87. The highest BCUT2D eigenvalue weighted by atomic mass is 79.9. The molecule has 0 saturated heterocycles. The molecule has 3 aromatic rings. The van der Waals surface area contributed by atoms with Gasteiger partial charge >= 0.3 is 5.97 Å². The van der Waals surface area contributed by atoms with Gasteiger partial charge in [-0.15, -0.1) is 11.3 Å². The van der Waals surface area contributed by atoms with Gasteiger partial charge in [-0.1, -0.05) is 34.1 Å². The second kappa shape index (κ2) is 4.92. The molecule has 0 spiro atoms. The number of carboxylic acid groups (broad SMARTS) is 1. The van der Waals surface area contributed by atoms with Crippen LogP contribution in [-0.2, 0) is 0 Å². The fraction of sp³-hybridized carbons (Fsp3) is 0. The van der Waals surface area contributed by atoms with Crippen molar-refractivity contribution in [1.29, 1.82) is 0 Å². The fourth-order valence-electron chi connectivity index (χ4n) is 2.08. The molecule has 0 radical (unpaired) electrons. The Bertz CT molecular complexity index is 826. The van der Waals surface area contributed by atoms with Gasteiger partial charge < -0.3 is 10.8 Å². The minimum Gasteiger partial charge on any atom is -0.477 e. The molecule has 0 unspecified atom stereocenters. The van der Waals surface area contributed by atoms with E-state index < -0.39 is 5.97 Å². The summed E-state index contributed by atoms with van der Waals surface area (Å²) in [7, 11) is 0. The van der Waals surface area contributed by atoms with Gasteiger partial charge in [-0.3, -0.25) is 0 Å². The number of halogens is 1. The van der Waals surface area contributed by atoms with Crippen LogP contribution in [0.4, 0.5) is 5.69 Å². The molecule has 3 nitrogen and oxygen atoms in total. The Kier molecular flexibility index (Phi) is 3.23. The van der Waals surface area contributed by atoms with Gasteiger partial charge in [0.2, 0.25) is 0 Å². The third-order valence-corrected chi connectivity index (χ3v) is 4.72. The first-order valence-corrected chi connectivity index (χ1v) is 7.48. The van der Waals surface area contributed by atoms with Crippen molar-refractivity contribution in [3.8, 4) is 10.4 Å². The molecule has 2 aromatic carbocycles. The zero-order valence-electron chi connectivity index (χ0n) is 10.3. The number of hydrogen-bond acceptors (Lipinski definition) is 3. The number of benzene rings is 2. The lowest BCUT2D eigenvalue weighted by Gasteiger charge is -2.02. The molecule has 20 heavy (non-hydrogen) atoms. The predicted molar refractivity (Wildman–Crippen MR) is 86.3 cm³/mol. The van der Waals surface area contributed by atoms with Crippen molar-refractivity contribution in [2.24, 2.45) is 0 Å². The van der Waals surface area contributed by atoms with E-state index in [4.69, 9.17) is 10.8 Å². The molecule has 0 atom stereocenters. The summed E-state index contributed by atoms with van der Waals surface area (Å²) in [5.74, 6) is -0.983. The lowest BCUT2D eigenvalue weighted by molar-refractivity contribution is 0.0703. The maximum atomic E-state index is 11.0. The summed E-state index contributed by atoms with van der Waals surface area (Å²) >= 11 is 4.64. The summed E-state index contributed by atoms with van der Waals surface area (Å²) < 4.78 is 1.03. The van der Waals surface area contributed by atoms with E-state index in [9.17, 15) is 4.79 Å². The number of thiophene rings is 1. The summed E-state index contributed by atoms with van der Waals surface area (Å²) in [6.07, 6.45) is 0. The van der Waals surface area contributed by atoms with Crippen LogP contribution in [0.1, 0.15) is 9.67 Å². The average molecular weight is 348 g/mol. The quantitative estimate of drug-likeness (QED) is 0.711. The molecule has 0 saturated carbocycles. The Morgan fingerprint density at radius 2 is 1.80 bits per heavy atom. The smallest absolute Gasteiger partial charge is 0.348 e. The van der Waals surface area contributed by atoms with Gasteiger partial charge in [0.1, 0.15) is 4.88 Å².